The highest BCUT2D eigenvalue weighted by atomic mass is 32.1. The molecule has 5 heteroatoms. The van der Waals surface area contributed by atoms with E-state index < -0.39 is 0 Å². The molecule has 0 radical (unpaired) electrons. The molecule has 0 unspecified atom stereocenters. The van der Waals surface area contributed by atoms with Crippen molar-refractivity contribution in [2.45, 2.75) is 13.3 Å². The molecule has 1 N–H and O–H groups in total. The van der Waals surface area contributed by atoms with E-state index in [0.717, 1.165) is 28.1 Å². The van der Waals surface area contributed by atoms with Crippen LogP contribution in [0.3, 0.4) is 0 Å². The van der Waals surface area contributed by atoms with Gasteiger partial charge in [0.15, 0.2) is 0 Å². The van der Waals surface area contributed by atoms with E-state index in [4.69, 9.17) is 4.74 Å². The first kappa shape index (κ1) is 12.9. The van der Waals surface area contributed by atoms with Crippen molar-refractivity contribution in [1.82, 2.24) is 10.2 Å². The molecule has 0 aliphatic rings. The summed E-state index contributed by atoms with van der Waals surface area (Å²) in [5, 5.41) is 8.23. The zero-order chi connectivity index (χ0) is 14.1. The minimum absolute atomic E-state index is 0.182. The SMILES string of the molecule is CCc1ccc(-c2n[nH]c(=O)c3ccc(OC)cc23)s1. The van der Waals surface area contributed by atoms with Gasteiger partial charge in [0.1, 0.15) is 11.4 Å². The van der Waals surface area contributed by atoms with Gasteiger partial charge in [0, 0.05) is 10.3 Å². The van der Waals surface area contributed by atoms with Crippen molar-refractivity contribution in [2.24, 2.45) is 0 Å². The largest absolute Gasteiger partial charge is 0.497 e. The number of nitrogens with one attached hydrogen (secondary N) is 1. The molecule has 0 saturated carbocycles. The molecule has 4 nitrogen and oxygen atoms in total. The van der Waals surface area contributed by atoms with Crippen molar-refractivity contribution < 1.29 is 4.74 Å². The average Bonchev–Trinajstić information content (AvgIpc) is 2.96. The fraction of sp³-hybridized carbons (Fsp3) is 0.200. The molecular weight excluding hydrogens is 272 g/mol. The van der Waals surface area contributed by atoms with E-state index >= 15 is 0 Å². The van der Waals surface area contributed by atoms with Gasteiger partial charge in [0.25, 0.3) is 5.56 Å². The summed E-state index contributed by atoms with van der Waals surface area (Å²) in [6, 6.07) is 9.56. The minimum atomic E-state index is -0.182. The Kier molecular flexibility index (Phi) is 3.28. The summed E-state index contributed by atoms with van der Waals surface area (Å²) in [6.07, 6.45) is 0.995. The first-order valence-electron chi connectivity index (χ1n) is 6.38. The lowest BCUT2D eigenvalue weighted by Crippen LogP contribution is -2.09. The molecule has 0 saturated heterocycles. The van der Waals surface area contributed by atoms with Crippen molar-refractivity contribution in [3.63, 3.8) is 0 Å². The van der Waals surface area contributed by atoms with Crippen LogP contribution >= 0.6 is 11.3 Å². The van der Waals surface area contributed by atoms with Crippen LogP contribution in [0.15, 0.2) is 35.1 Å². The molecule has 3 aromatic rings. The predicted octanol–water partition coefficient (Wildman–Crippen LogP) is 3.22. The number of hydrogen-bond acceptors (Lipinski definition) is 4. The molecule has 0 amide bonds. The second kappa shape index (κ2) is 5.09. The van der Waals surface area contributed by atoms with E-state index in [-0.39, 0.29) is 5.56 Å². The number of rotatable bonds is 3. The Balaban J connectivity index is 2.29. The highest BCUT2D eigenvalue weighted by molar-refractivity contribution is 7.15. The Morgan fingerprint density at radius 3 is 2.80 bits per heavy atom. The molecule has 0 atom stereocenters. The van der Waals surface area contributed by atoms with Crippen LogP contribution in [-0.2, 0) is 6.42 Å². The molecule has 0 spiro atoms. The van der Waals surface area contributed by atoms with E-state index in [1.165, 1.54) is 4.88 Å². The lowest BCUT2D eigenvalue weighted by Gasteiger charge is -2.05. The second-order valence-corrected chi connectivity index (χ2v) is 5.60. The molecule has 1 aromatic carbocycles. The topological polar surface area (TPSA) is 55.0 Å². The maximum absolute atomic E-state index is 11.9. The van der Waals surface area contributed by atoms with E-state index in [0.29, 0.717) is 5.39 Å². The number of benzene rings is 1. The van der Waals surface area contributed by atoms with Crippen LogP contribution < -0.4 is 10.3 Å². The monoisotopic (exact) mass is 286 g/mol. The maximum Gasteiger partial charge on any atom is 0.272 e. The fourth-order valence-corrected chi connectivity index (χ4v) is 3.11. The van der Waals surface area contributed by atoms with Gasteiger partial charge in [-0.05, 0) is 36.8 Å². The summed E-state index contributed by atoms with van der Waals surface area (Å²) in [7, 11) is 1.61. The minimum Gasteiger partial charge on any atom is -0.497 e. The summed E-state index contributed by atoms with van der Waals surface area (Å²) < 4.78 is 5.24. The fourth-order valence-electron chi connectivity index (χ4n) is 2.15. The van der Waals surface area contributed by atoms with E-state index in [2.05, 4.69) is 23.2 Å². The highest BCUT2D eigenvalue weighted by Gasteiger charge is 2.11. The lowest BCUT2D eigenvalue weighted by molar-refractivity contribution is 0.415. The number of ether oxygens (including phenoxy) is 1. The Morgan fingerprint density at radius 1 is 1.25 bits per heavy atom. The Bertz CT molecular complexity index is 820. The number of fused-ring (bicyclic) bond motifs is 1. The van der Waals surface area contributed by atoms with Crippen LogP contribution in [0.1, 0.15) is 11.8 Å². The number of H-pyrrole nitrogens is 1. The van der Waals surface area contributed by atoms with Crippen LogP contribution in [0, 0.1) is 0 Å². The second-order valence-electron chi connectivity index (χ2n) is 4.43. The predicted molar refractivity (Wildman–Crippen MR) is 81.6 cm³/mol. The van der Waals surface area contributed by atoms with Gasteiger partial charge in [-0.2, -0.15) is 5.10 Å². The molecular formula is C15H14N2O2S. The summed E-state index contributed by atoms with van der Waals surface area (Å²) in [4.78, 5) is 14.2. The van der Waals surface area contributed by atoms with Gasteiger partial charge in [0.05, 0.1) is 17.4 Å². The van der Waals surface area contributed by atoms with Crippen molar-refractivity contribution in [1.29, 1.82) is 0 Å². The van der Waals surface area contributed by atoms with E-state index in [9.17, 15) is 4.79 Å². The van der Waals surface area contributed by atoms with Gasteiger partial charge in [-0.25, -0.2) is 5.10 Å². The molecule has 0 aliphatic carbocycles. The normalized spacial score (nSPS) is 10.9. The number of aromatic amines is 1. The van der Waals surface area contributed by atoms with Crippen LogP contribution in [0.25, 0.3) is 21.3 Å². The van der Waals surface area contributed by atoms with Crippen molar-refractivity contribution >= 4 is 22.1 Å². The Labute approximate surface area is 120 Å². The van der Waals surface area contributed by atoms with Crippen LogP contribution in [-0.4, -0.2) is 17.3 Å². The highest BCUT2D eigenvalue weighted by Crippen LogP contribution is 2.32. The number of hydrogen-bond donors (Lipinski definition) is 1. The zero-order valence-electron chi connectivity index (χ0n) is 11.3. The molecule has 0 bridgehead atoms. The molecule has 20 heavy (non-hydrogen) atoms. The Morgan fingerprint density at radius 2 is 2.10 bits per heavy atom. The number of nitrogens with zero attached hydrogens (tertiary/aromatic N) is 1. The van der Waals surface area contributed by atoms with Crippen LogP contribution in [0.5, 0.6) is 5.75 Å². The van der Waals surface area contributed by atoms with Crippen molar-refractivity contribution in [2.75, 3.05) is 7.11 Å². The third-order valence-electron chi connectivity index (χ3n) is 3.24. The molecule has 3 rings (SSSR count). The standard InChI is InChI=1S/C15H14N2O2S/c1-3-10-5-7-13(20-10)14-12-8-9(19-2)4-6-11(12)15(18)17-16-14/h4-8H,3H2,1-2H3,(H,17,18). The third-order valence-corrected chi connectivity index (χ3v) is 4.48. The number of thiophene rings is 1. The van der Waals surface area contributed by atoms with E-state index in [1.54, 1.807) is 30.6 Å². The first-order valence-corrected chi connectivity index (χ1v) is 7.20. The Hall–Kier alpha value is -2.14. The summed E-state index contributed by atoms with van der Waals surface area (Å²) in [6.45, 7) is 2.12. The average molecular weight is 286 g/mol. The molecule has 2 aromatic heterocycles. The molecule has 2 heterocycles. The van der Waals surface area contributed by atoms with E-state index in [1.807, 2.05) is 12.1 Å². The number of aromatic nitrogens is 2. The van der Waals surface area contributed by atoms with Crippen molar-refractivity contribution in [3.05, 3.63) is 45.6 Å². The smallest absolute Gasteiger partial charge is 0.272 e. The summed E-state index contributed by atoms with van der Waals surface area (Å²) >= 11 is 1.69. The van der Waals surface area contributed by atoms with Gasteiger partial charge in [-0.15, -0.1) is 11.3 Å². The molecule has 102 valence electrons. The third kappa shape index (κ3) is 2.10. The van der Waals surface area contributed by atoms with Gasteiger partial charge >= 0.3 is 0 Å². The summed E-state index contributed by atoms with van der Waals surface area (Å²) in [5.41, 5.74) is 0.613. The lowest BCUT2D eigenvalue weighted by atomic mass is 10.1. The van der Waals surface area contributed by atoms with Gasteiger partial charge in [-0.1, -0.05) is 6.92 Å². The van der Waals surface area contributed by atoms with Gasteiger partial charge in [-0.3, -0.25) is 4.79 Å². The molecule has 0 fully saturated rings. The first-order chi connectivity index (χ1) is 9.72. The van der Waals surface area contributed by atoms with Crippen LogP contribution in [0.4, 0.5) is 0 Å². The quantitative estimate of drug-likeness (QED) is 0.804. The van der Waals surface area contributed by atoms with Gasteiger partial charge < -0.3 is 4.74 Å². The van der Waals surface area contributed by atoms with Gasteiger partial charge in [0.2, 0.25) is 0 Å². The maximum atomic E-state index is 11.9. The zero-order valence-corrected chi connectivity index (χ0v) is 12.1. The number of methoxy groups -OCH3 is 1. The molecule has 0 aliphatic heterocycles. The van der Waals surface area contributed by atoms with Crippen LogP contribution in [0.2, 0.25) is 0 Å². The van der Waals surface area contributed by atoms with Crippen molar-refractivity contribution in [3.8, 4) is 16.3 Å². The number of aryl methyl sites for hydroxylation is 1. The summed E-state index contributed by atoms with van der Waals surface area (Å²) in [5.74, 6) is 0.721.